The monoisotopic (exact) mass is 320 g/mol. The van der Waals surface area contributed by atoms with Gasteiger partial charge in [0.05, 0.1) is 16.9 Å². The molecule has 1 aliphatic rings. The van der Waals surface area contributed by atoms with Crippen molar-refractivity contribution in [3.05, 3.63) is 71.4 Å². The van der Waals surface area contributed by atoms with Crippen molar-refractivity contribution in [2.24, 2.45) is 0 Å². The Morgan fingerprint density at radius 2 is 1.78 bits per heavy atom. The molecule has 0 fully saturated rings. The molecule has 0 atom stereocenters. The van der Waals surface area contributed by atoms with E-state index in [-0.39, 0.29) is 0 Å². The number of anilines is 1. The number of hydrogen-bond acceptors (Lipinski definition) is 3. The minimum Gasteiger partial charge on any atom is -0.367 e. The van der Waals surface area contributed by atoms with Crippen molar-refractivity contribution in [2.75, 3.05) is 11.4 Å². The summed E-state index contributed by atoms with van der Waals surface area (Å²) in [5.74, 6) is 2.11. The van der Waals surface area contributed by atoms with E-state index in [1.807, 2.05) is 11.8 Å². The average Bonchev–Trinajstić information content (AvgIpc) is 3.07. The number of hydrogen-bond donors (Lipinski definition) is 0. The van der Waals surface area contributed by atoms with Crippen LogP contribution in [-0.4, -0.2) is 11.5 Å². The van der Waals surface area contributed by atoms with Crippen molar-refractivity contribution in [2.45, 2.75) is 25.0 Å². The first-order valence-electron chi connectivity index (χ1n) is 8.14. The van der Waals surface area contributed by atoms with Gasteiger partial charge in [-0.25, -0.2) is 0 Å². The van der Waals surface area contributed by atoms with Gasteiger partial charge in [-0.2, -0.15) is 11.8 Å². The number of fused-ring (bicyclic) bond motifs is 2. The minimum absolute atomic E-state index is 0.947. The van der Waals surface area contributed by atoms with E-state index in [2.05, 4.69) is 66.4 Å². The third-order valence-electron chi connectivity index (χ3n) is 4.45. The van der Waals surface area contributed by atoms with E-state index < -0.39 is 0 Å². The second-order valence-electron chi connectivity index (χ2n) is 5.90. The van der Waals surface area contributed by atoms with E-state index in [1.54, 1.807) is 0 Å². The molecule has 1 aliphatic heterocycles. The summed E-state index contributed by atoms with van der Waals surface area (Å²) in [6.45, 7) is 4.19. The Morgan fingerprint density at radius 3 is 2.61 bits per heavy atom. The highest BCUT2D eigenvalue weighted by Gasteiger charge is 2.23. The normalized spacial score (nSPS) is 13.3. The van der Waals surface area contributed by atoms with Crippen LogP contribution in [0.15, 0.2) is 54.6 Å². The molecule has 23 heavy (non-hydrogen) atoms. The molecule has 0 amide bonds. The van der Waals surface area contributed by atoms with Crippen LogP contribution in [0.1, 0.15) is 23.7 Å². The Balaban J connectivity index is 1.85. The predicted octanol–water partition coefficient (Wildman–Crippen LogP) is 5.01. The van der Waals surface area contributed by atoms with Gasteiger partial charge in [0, 0.05) is 35.5 Å². The lowest BCUT2D eigenvalue weighted by Crippen LogP contribution is -2.24. The topological polar surface area (TPSA) is 16.1 Å². The molecule has 4 rings (SSSR count). The molecule has 0 bridgehead atoms. The third-order valence-corrected chi connectivity index (χ3v) is 5.42. The van der Waals surface area contributed by atoms with E-state index in [0.717, 1.165) is 30.1 Å². The van der Waals surface area contributed by atoms with Crippen LogP contribution in [0.3, 0.4) is 0 Å². The van der Waals surface area contributed by atoms with Crippen molar-refractivity contribution in [3.63, 3.8) is 0 Å². The molecule has 3 heteroatoms. The summed E-state index contributed by atoms with van der Waals surface area (Å²) in [6.07, 6.45) is 0. The number of pyridine rings is 1. The SMILES string of the molecule is CCN(Cc1ccccc1)c1c2c(nc3ccccc13)CSC2. The second-order valence-corrected chi connectivity index (χ2v) is 6.88. The highest BCUT2D eigenvalue weighted by Crippen LogP contribution is 2.40. The minimum atomic E-state index is 0.947. The average molecular weight is 320 g/mol. The van der Waals surface area contributed by atoms with Gasteiger partial charge in [0.2, 0.25) is 0 Å². The van der Waals surface area contributed by atoms with Gasteiger partial charge >= 0.3 is 0 Å². The van der Waals surface area contributed by atoms with Gasteiger partial charge in [-0.05, 0) is 18.6 Å². The molecular formula is C20H20N2S. The van der Waals surface area contributed by atoms with Crippen LogP contribution in [0.5, 0.6) is 0 Å². The summed E-state index contributed by atoms with van der Waals surface area (Å²) in [4.78, 5) is 7.40. The van der Waals surface area contributed by atoms with Crippen LogP contribution >= 0.6 is 11.8 Å². The first kappa shape index (κ1) is 14.6. The summed E-state index contributed by atoms with van der Waals surface area (Å²) in [5, 5.41) is 1.28. The molecule has 3 aromatic rings. The van der Waals surface area contributed by atoms with E-state index >= 15 is 0 Å². The number of benzene rings is 2. The van der Waals surface area contributed by atoms with Crippen molar-refractivity contribution < 1.29 is 0 Å². The molecular weight excluding hydrogens is 300 g/mol. The van der Waals surface area contributed by atoms with Crippen LogP contribution in [0.25, 0.3) is 10.9 Å². The van der Waals surface area contributed by atoms with Crippen LogP contribution in [0, 0.1) is 0 Å². The first-order valence-corrected chi connectivity index (χ1v) is 9.29. The molecule has 2 nitrogen and oxygen atoms in total. The van der Waals surface area contributed by atoms with E-state index in [1.165, 1.54) is 27.9 Å². The summed E-state index contributed by atoms with van der Waals surface area (Å²) < 4.78 is 0. The van der Waals surface area contributed by atoms with Gasteiger partial charge < -0.3 is 4.90 Å². The fourth-order valence-corrected chi connectivity index (χ4v) is 4.36. The lowest BCUT2D eigenvalue weighted by Gasteiger charge is -2.27. The molecule has 0 saturated carbocycles. The predicted molar refractivity (Wildman–Crippen MR) is 99.9 cm³/mol. The summed E-state index contributed by atoms with van der Waals surface area (Å²) in [5.41, 5.74) is 6.58. The maximum Gasteiger partial charge on any atom is 0.0726 e. The Labute approximate surface area is 141 Å². The molecule has 0 unspecified atom stereocenters. The Hall–Kier alpha value is -2.00. The van der Waals surface area contributed by atoms with Gasteiger partial charge in [-0.3, -0.25) is 4.98 Å². The van der Waals surface area contributed by atoms with Crippen molar-refractivity contribution in [3.8, 4) is 0 Å². The molecule has 2 aromatic carbocycles. The Bertz CT molecular complexity index is 830. The second kappa shape index (κ2) is 6.25. The van der Waals surface area contributed by atoms with Crippen LogP contribution < -0.4 is 4.90 Å². The molecule has 1 aromatic heterocycles. The molecule has 0 N–H and O–H groups in total. The zero-order chi connectivity index (χ0) is 15.6. The zero-order valence-corrected chi connectivity index (χ0v) is 14.1. The Kier molecular flexibility index (Phi) is 3.96. The maximum absolute atomic E-state index is 4.89. The van der Waals surface area contributed by atoms with Crippen molar-refractivity contribution in [1.29, 1.82) is 0 Å². The molecule has 0 aliphatic carbocycles. The number of rotatable bonds is 4. The van der Waals surface area contributed by atoms with Gasteiger partial charge in [0.25, 0.3) is 0 Å². The first-order chi connectivity index (χ1) is 11.4. The van der Waals surface area contributed by atoms with Gasteiger partial charge in [0.1, 0.15) is 0 Å². The fourth-order valence-electron chi connectivity index (χ4n) is 3.32. The number of thioether (sulfide) groups is 1. The van der Waals surface area contributed by atoms with Gasteiger partial charge in [-0.1, -0.05) is 48.5 Å². The van der Waals surface area contributed by atoms with Crippen LogP contribution in [0.4, 0.5) is 5.69 Å². The number of nitrogens with zero attached hydrogens (tertiary/aromatic N) is 2. The number of para-hydroxylation sites is 1. The third kappa shape index (κ3) is 2.70. The molecule has 0 spiro atoms. The summed E-state index contributed by atoms with van der Waals surface area (Å²) in [7, 11) is 0. The summed E-state index contributed by atoms with van der Waals surface area (Å²) >= 11 is 1.97. The van der Waals surface area contributed by atoms with Crippen LogP contribution in [0.2, 0.25) is 0 Å². The maximum atomic E-state index is 4.89. The lowest BCUT2D eigenvalue weighted by atomic mass is 10.1. The molecule has 0 radical (unpaired) electrons. The largest absolute Gasteiger partial charge is 0.367 e. The number of aromatic nitrogens is 1. The van der Waals surface area contributed by atoms with Crippen LogP contribution in [-0.2, 0) is 18.1 Å². The van der Waals surface area contributed by atoms with E-state index in [4.69, 9.17) is 4.98 Å². The highest BCUT2D eigenvalue weighted by atomic mass is 32.2. The van der Waals surface area contributed by atoms with Gasteiger partial charge in [0.15, 0.2) is 0 Å². The van der Waals surface area contributed by atoms with E-state index in [0.29, 0.717) is 0 Å². The smallest absolute Gasteiger partial charge is 0.0726 e. The fraction of sp³-hybridized carbons (Fsp3) is 0.250. The molecule has 2 heterocycles. The van der Waals surface area contributed by atoms with Gasteiger partial charge in [-0.15, -0.1) is 0 Å². The highest BCUT2D eigenvalue weighted by molar-refractivity contribution is 7.98. The van der Waals surface area contributed by atoms with Crippen molar-refractivity contribution >= 4 is 28.4 Å². The standard InChI is InChI=1S/C20H20N2S/c1-2-22(12-15-8-4-3-5-9-15)20-16-10-6-7-11-18(16)21-19-14-23-13-17(19)20/h3-11H,2,12-14H2,1H3. The van der Waals surface area contributed by atoms with Crippen molar-refractivity contribution in [1.82, 2.24) is 4.98 Å². The van der Waals surface area contributed by atoms with E-state index in [9.17, 15) is 0 Å². The quantitative estimate of drug-likeness (QED) is 0.672. The molecule has 0 saturated heterocycles. The zero-order valence-electron chi connectivity index (χ0n) is 13.3. The lowest BCUT2D eigenvalue weighted by molar-refractivity contribution is 0.829. The molecule has 116 valence electrons. The Morgan fingerprint density at radius 1 is 1.00 bits per heavy atom. The summed E-state index contributed by atoms with van der Waals surface area (Å²) in [6, 6.07) is 19.3.